The maximum atomic E-state index is 13.0. The molecule has 1 unspecified atom stereocenters. The SMILES string of the molecule is COc1ccc(CON=CC2(O)C(C(=O)N(C)C)=CC=CN2Cc2cccc3ccccc23)cc1.Cl. The quantitative estimate of drug-likeness (QED) is 0.359. The Hall–Kier alpha value is -3.81. The van der Waals surface area contributed by atoms with E-state index in [0.717, 1.165) is 27.6 Å². The van der Waals surface area contributed by atoms with Crippen LogP contribution < -0.4 is 4.74 Å². The number of allylic oxidation sites excluding steroid dienone is 2. The number of likely N-dealkylation sites (N-methyl/N-ethyl adjacent to an activating group) is 1. The Kier molecular flexibility index (Phi) is 8.74. The number of hydrogen-bond donors (Lipinski definition) is 1. The molecule has 7 nitrogen and oxygen atoms in total. The minimum absolute atomic E-state index is 0. The molecule has 0 spiro atoms. The molecule has 0 bridgehead atoms. The van der Waals surface area contributed by atoms with Crippen LogP contribution in [0.5, 0.6) is 5.75 Å². The molecule has 3 aromatic carbocycles. The van der Waals surface area contributed by atoms with E-state index in [-0.39, 0.29) is 30.5 Å². The molecule has 4 rings (SSSR count). The van der Waals surface area contributed by atoms with Gasteiger partial charge in [-0.1, -0.05) is 59.8 Å². The lowest BCUT2D eigenvalue weighted by molar-refractivity contribution is -0.128. The molecule has 8 heteroatoms. The van der Waals surface area contributed by atoms with Crippen LogP contribution in [0.1, 0.15) is 11.1 Å². The number of halogens is 1. The fourth-order valence-electron chi connectivity index (χ4n) is 3.98. The van der Waals surface area contributed by atoms with Crippen LogP contribution >= 0.6 is 12.4 Å². The molecule has 0 saturated heterocycles. The molecule has 1 aliphatic heterocycles. The molecule has 1 atom stereocenters. The van der Waals surface area contributed by atoms with Gasteiger partial charge in [-0.25, -0.2) is 0 Å². The lowest BCUT2D eigenvalue weighted by Crippen LogP contribution is -2.53. The van der Waals surface area contributed by atoms with Crippen LogP contribution in [0.3, 0.4) is 0 Å². The van der Waals surface area contributed by atoms with Crippen LogP contribution in [-0.2, 0) is 22.8 Å². The van der Waals surface area contributed by atoms with Crippen LogP contribution in [0.25, 0.3) is 10.8 Å². The van der Waals surface area contributed by atoms with Crippen molar-refractivity contribution in [2.75, 3.05) is 21.2 Å². The number of oxime groups is 1. The molecule has 1 heterocycles. The zero-order chi connectivity index (χ0) is 24.8. The predicted octanol–water partition coefficient (Wildman–Crippen LogP) is 4.51. The number of carbonyl (C=O) groups is 1. The number of nitrogens with zero attached hydrogens (tertiary/aromatic N) is 3. The Balaban J connectivity index is 0.00000361. The average molecular weight is 508 g/mol. The Morgan fingerprint density at radius 2 is 1.81 bits per heavy atom. The molecule has 1 N–H and O–H groups in total. The summed E-state index contributed by atoms with van der Waals surface area (Å²) in [6.07, 6.45) is 6.39. The summed E-state index contributed by atoms with van der Waals surface area (Å²) in [4.78, 5) is 21.6. The summed E-state index contributed by atoms with van der Waals surface area (Å²) in [6.45, 7) is 0.563. The molecule has 36 heavy (non-hydrogen) atoms. The number of amides is 1. The van der Waals surface area contributed by atoms with E-state index >= 15 is 0 Å². The van der Waals surface area contributed by atoms with Gasteiger partial charge in [0.1, 0.15) is 18.6 Å². The van der Waals surface area contributed by atoms with E-state index in [0.29, 0.717) is 6.54 Å². The summed E-state index contributed by atoms with van der Waals surface area (Å²) in [5.74, 6) is 0.433. The van der Waals surface area contributed by atoms with E-state index in [1.807, 2.05) is 66.7 Å². The maximum Gasteiger partial charge on any atom is 0.254 e. The van der Waals surface area contributed by atoms with Crippen molar-refractivity contribution in [2.45, 2.75) is 18.9 Å². The number of methoxy groups -OCH3 is 1. The van der Waals surface area contributed by atoms with Crippen molar-refractivity contribution in [2.24, 2.45) is 5.16 Å². The number of fused-ring (bicyclic) bond motifs is 1. The third kappa shape index (κ3) is 5.70. The van der Waals surface area contributed by atoms with Crippen molar-refractivity contribution >= 4 is 35.3 Å². The third-order valence-corrected chi connectivity index (χ3v) is 5.92. The van der Waals surface area contributed by atoms with Crippen LogP contribution in [-0.4, -0.2) is 54.0 Å². The fraction of sp³-hybridized carbons (Fsp3) is 0.214. The molecule has 0 aromatic heterocycles. The van der Waals surface area contributed by atoms with Gasteiger partial charge >= 0.3 is 0 Å². The summed E-state index contributed by atoms with van der Waals surface area (Å²) in [5, 5.41) is 18.1. The fourth-order valence-corrected chi connectivity index (χ4v) is 3.98. The van der Waals surface area contributed by atoms with Crippen molar-refractivity contribution in [3.05, 3.63) is 102 Å². The first-order chi connectivity index (χ1) is 16.9. The minimum Gasteiger partial charge on any atom is -0.497 e. The highest BCUT2D eigenvalue weighted by atomic mass is 35.5. The summed E-state index contributed by atoms with van der Waals surface area (Å²) in [5.41, 5.74) is 0.290. The normalized spacial score (nSPS) is 17.0. The number of hydrogen-bond acceptors (Lipinski definition) is 6. The van der Waals surface area contributed by atoms with Gasteiger partial charge in [0.25, 0.3) is 5.91 Å². The minimum atomic E-state index is -1.80. The van der Waals surface area contributed by atoms with Crippen LogP contribution in [0.4, 0.5) is 0 Å². The summed E-state index contributed by atoms with van der Waals surface area (Å²) in [6, 6.07) is 21.5. The zero-order valence-corrected chi connectivity index (χ0v) is 21.3. The highest BCUT2D eigenvalue weighted by molar-refractivity contribution is 6.01. The van der Waals surface area contributed by atoms with Crippen molar-refractivity contribution in [1.82, 2.24) is 9.80 Å². The number of aliphatic hydroxyl groups is 1. The predicted molar refractivity (Wildman–Crippen MR) is 144 cm³/mol. The van der Waals surface area contributed by atoms with E-state index in [1.165, 1.54) is 11.1 Å². The van der Waals surface area contributed by atoms with Gasteiger partial charge < -0.3 is 24.5 Å². The Morgan fingerprint density at radius 3 is 2.53 bits per heavy atom. The summed E-state index contributed by atoms with van der Waals surface area (Å²) >= 11 is 0. The van der Waals surface area contributed by atoms with Gasteiger partial charge in [0, 0.05) is 26.8 Å². The second-order valence-electron chi connectivity index (χ2n) is 8.47. The van der Waals surface area contributed by atoms with Gasteiger partial charge in [-0.15, -0.1) is 12.4 Å². The topological polar surface area (TPSA) is 74.6 Å². The van der Waals surface area contributed by atoms with Crippen molar-refractivity contribution in [3.63, 3.8) is 0 Å². The Labute approximate surface area is 217 Å². The number of carbonyl (C=O) groups excluding carboxylic acids is 1. The standard InChI is InChI=1S/C28H29N3O4.ClH/c1-30(2)27(32)26-12-7-17-31(18-23-10-6-9-22-8-4-5-11-25(22)23)28(26,33)20-29-35-19-21-13-15-24(34-3)16-14-21;/h4-17,20,33H,18-19H2,1-3H3;1H. The van der Waals surface area contributed by atoms with Crippen molar-refractivity contribution < 1.29 is 19.5 Å². The Morgan fingerprint density at radius 1 is 1.08 bits per heavy atom. The molecule has 0 fully saturated rings. The second kappa shape index (κ2) is 11.7. The zero-order valence-electron chi connectivity index (χ0n) is 20.5. The Bertz CT molecular complexity index is 1280. The molecule has 0 aliphatic carbocycles. The first-order valence-electron chi connectivity index (χ1n) is 11.3. The van der Waals surface area contributed by atoms with Crippen LogP contribution in [0.2, 0.25) is 0 Å². The van der Waals surface area contributed by atoms with Gasteiger partial charge in [0.2, 0.25) is 5.72 Å². The maximum absolute atomic E-state index is 13.0. The van der Waals surface area contributed by atoms with Crippen molar-refractivity contribution in [1.29, 1.82) is 0 Å². The molecular formula is C28H30ClN3O4. The molecular weight excluding hydrogens is 478 g/mol. The van der Waals surface area contributed by atoms with E-state index < -0.39 is 5.72 Å². The van der Waals surface area contributed by atoms with E-state index in [4.69, 9.17) is 9.57 Å². The number of ether oxygens (including phenoxy) is 1. The van der Waals surface area contributed by atoms with Crippen LogP contribution in [0.15, 0.2) is 95.8 Å². The number of benzene rings is 3. The monoisotopic (exact) mass is 507 g/mol. The first-order valence-corrected chi connectivity index (χ1v) is 11.3. The largest absolute Gasteiger partial charge is 0.497 e. The van der Waals surface area contributed by atoms with Gasteiger partial charge in [0.15, 0.2) is 0 Å². The second-order valence-corrected chi connectivity index (χ2v) is 8.47. The molecule has 188 valence electrons. The van der Waals surface area contributed by atoms with E-state index in [2.05, 4.69) is 5.16 Å². The first kappa shape index (κ1) is 26.8. The van der Waals surface area contributed by atoms with Gasteiger partial charge in [-0.05, 0) is 46.2 Å². The highest BCUT2D eigenvalue weighted by Crippen LogP contribution is 2.30. The van der Waals surface area contributed by atoms with Gasteiger partial charge in [-0.2, -0.15) is 0 Å². The summed E-state index contributed by atoms with van der Waals surface area (Å²) < 4.78 is 5.17. The van der Waals surface area contributed by atoms with Crippen LogP contribution in [0, 0.1) is 0 Å². The third-order valence-electron chi connectivity index (χ3n) is 5.92. The number of rotatable bonds is 8. The van der Waals surface area contributed by atoms with E-state index in [9.17, 15) is 9.90 Å². The van der Waals surface area contributed by atoms with Gasteiger partial charge in [-0.3, -0.25) is 4.79 Å². The average Bonchev–Trinajstić information content (AvgIpc) is 2.88. The van der Waals surface area contributed by atoms with Crippen molar-refractivity contribution in [3.8, 4) is 5.75 Å². The van der Waals surface area contributed by atoms with Gasteiger partial charge in [0.05, 0.1) is 12.7 Å². The lowest BCUT2D eigenvalue weighted by atomic mass is 9.96. The highest BCUT2D eigenvalue weighted by Gasteiger charge is 2.41. The molecule has 0 saturated carbocycles. The van der Waals surface area contributed by atoms with E-state index in [1.54, 1.807) is 44.5 Å². The molecule has 1 amide bonds. The summed E-state index contributed by atoms with van der Waals surface area (Å²) in [7, 11) is 4.90. The molecule has 3 aromatic rings. The molecule has 0 radical (unpaired) electrons. The lowest BCUT2D eigenvalue weighted by Gasteiger charge is -2.39. The smallest absolute Gasteiger partial charge is 0.254 e. The molecule has 1 aliphatic rings.